The molecular formula is C16H24N2O2. The van der Waals surface area contributed by atoms with Crippen molar-refractivity contribution in [2.45, 2.75) is 25.7 Å². The van der Waals surface area contributed by atoms with Crippen LogP contribution in [0.2, 0.25) is 0 Å². The molecule has 0 saturated heterocycles. The number of rotatable bonds is 8. The minimum atomic E-state index is -0.159. The van der Waals surface area contributed by atoms with Gasteiger partial charge in [0.15, 0.2) is 0 Å². The molecule has 4 heteroatoms. The van der Waals surface area contributed by atoms with Gasteiger partial charge in [0.25, 0.3) is 0 Å². The fourth-order valence-electron chi connectivity index (χ4n) is 1.98. The molecule has 4 nitrogen and oxygen atoms in total. The zero-order chi connectivity index (χ0) is 14.6. The van der Waals surface area contributed by atoms with E-state index in [1.165, 1.54) is 0 Å². The molecule has 1 atom stereocenters. The van der Waals surface area contributed by atoms with Crippen molar-refractivity contribution < 1.29 is 9.90 Å². The normalized spacial score (nSPS) is 12.3. The van der Waals surface area contributed by atoms with Gasteiger partial charge in [-0.05, 0) is 25.3 Å². The Morgan fingerprint density at radius 3 is 2.70 bits per heavy atom. The van der Waals surface area contributed by atoms with E-state index in [4.69, 9.17) is 5.11 Å². The van der Waals surface area contributed by atoms with Crippen LogP contribution in [-0.2, 0) is 0 Å². The van der Waals surface area contributed by atoms with Crippen molar-refractivity contribution in [2.75, 3.05) is 19.7 Å². The summed E-state index contributed by atoms with van der Waals surface area (Å²) < 4.78 is 0. The molecule has 1 unspecified atom stereocenters. The van der Waals surface area contributed by atoms with Crippen molar-refractivity contribution in [3.05, 3.63) is 48.0 Å². The van der Waals surface area contributed by atoms with Crippen LogP contribution in [0, 0.1) is 0 Å². The predicted molar refractivity (Wildman–Crippen MR) is 81.7 cm³/mol. The van der Waals surface area contributed by atoms with Crippen LogP contribution in [-0.4, -0.2) is 30.8 Å². The Morgan fingerprint density at radius 1 is 1.30 bits per heavy atom. The fraction of sp³-hybridized carbons (Fsp3) is 0.438. The highest BCUT2D eigenvalue weighted by molar-refractivity contribution is 5.73. The van der Waals surface area contributed by atoms with Gasteiger partial charge >= 0.3 is 6.03 Å². The van der Waals surface area contributed by atoms with Gasteiger partial charge < -0.3 is 15.7 Å². The van der Waals surface area contributed by atoms with Crippen LogP contribution in [0.3, 0.4) is 0 Å². The van der Waals surface area contributed by atoms with E-state index in [1.54, 1.807) is 0 Å². The van der Waals surface area contributed by atoms with Crippen molar-refractivity contribution in [3.63, 3.8) is 0 Å². The second-order valence-corrected chi connectivity index (χ2v) is 4.61. The number of carbonyl (C=O) groups is 1. The van der Waals surface area contributed by atoms with E-state index < -0.39 is 0 Å². The first kappa shape index (κ1) is 16.2. The number of allylic oxidation sites excluding steroid dienone is 1. The highest BCUT2D eigenvalue weighted by Gasteiger charge is 2.11. The number of amides is 2. The average molecular weight is 276 g/mol. The largest absolute Gasteiger partial charge is 0.396 e. The molecule has 20 heavy (non-hydrogen) atoms. The summed E-state index contributed by atoms with van der Waals surface area (Å²) in [5, 5.41) is 14.8. The SMILES string of the molecule is CC=CCCNC(=O)NCC(CCO)c1ccccc1. The summed E-state index contributed by atoms with van der Waals surface area (Å²) in [6.45, 7) is 3.23. The van der Waals surface area contributed by atoms with Gasteiger partial charge in [0.1, 0.15) is 0 Å². The van der Waals surface area contributed by atoms with Crippen molar-refractivity contribution in [1.29, 1.82) is 0 Å². The van der Waals surface area contributed by atoms with E-state index in [2.05, 4.69) is 10.6 Å². The molecule has 1 rings (SSSR count). The summed E-state index contributed by atoms with van der Waals surface area (Å²) in [5.74, 6) is 0.141. The number of aliphatic hydroxyl groups excluding tert-OH is 1. The van der Waals surface area contributed by atoms with E-state index in [-0.39, 0.29) is 18.6 Å². The summed E-state index contributed by atoms with van der Waals surface area (Å²) in [7, 11) is 0. The zero-order valence-corrected chi connectivity index (χ0v) is 12.0. The first-order chi connectivity index (χ1) is 9.77. The molecule has 0 spiro atoms. The number of benzene rings is 1. The monoisotopic (exact) mass is 276 g/mol. The minimum absolute atomic E-state index is 0.115. The standard InChI is InChI=1S/C16H24N2O2/c1-2-3-7-11-17-16(20)18-13-15(10-12-19)14-8-5-4-6-9-14/h2-6,8-9,15,19H,7,10-13H2,1H3,(H2,17,18,20). The molecule has 1 aromatic carbocycles. The third-order valence-electron chi connectivity index (χ3n) is 3.09. The fourth-order valence-corrected chi connectivity index (χ4v) is 1.98. The Hall–Kier alpha value is -1.81. The molecular weight excluding hydrogens is 252 g/mol. The number of urea groups is 1. The third kappa shape index (κ3) is 6.38. The van der Waals surface area contributed by atoms with Gasteiger partial charge in [-0.15, -0.1) is 0 Å². The molecule has 1 aromatic rings. The minimum Gasteiger partial charge on any atom is -0.396 e. The zero-order valence-electron chi connectivity index (χ0n) is 12.0. The Morgan fingerprint density at radius 2 is 2.05 bits per heavy atom. The van der Waals surface area contributed by atoms with Crippen LogP contribution in [0.15, 0.2) is 42.5 Å². The second-order valence-electron chi connectivity index (χ2n) is 4.61. The smallest absolute Gasteiger partial charge is 0.314 e. The van der Waals surface area contributed by atoms with Crippen LogP contribution in [0.5, 0.6) is 0 Å². The predicted octanol–water partition coefficient (Wildman–Crippen LogP) is 2.42. The first-order valence-electron chi connectivity index (χ1n) is 7.06. The Labute approximate surface area is 120 Å². The lowest BCUT2D eigenvalue weighted by atomic mass is 9.96. The van der Waals surface area contributed by atoms with E-state index in [0.717, 1.165) is 12.0 Å². The van der Waals surface area contributed by atoms with Crippen molar-refractivity contribution >= 4 is 6.03 Å². The summed E-state index contributed by atoms with van der Waals surface area (Å²) in [6, 6.07) is 9.78. The Balaban J connectivity index is 2.37. The molecule has 0 radical (unpaired) electrons. The molecule has 110 valence electrons. The van der Waals surface area contributed by atoms with E-state index in [9.17, 15) is 4.79 Å². The molecule has 0 aromatic heterocycles. The third-order valence-corrected chi connectivity index (χ3v) is 3.09. The summed E-state index contributed by atoms with van der Waals surface area (Å²) >= 11 is 0. The first-order valence-corrected chi connectivity index (χ1v) is 7.06. The Kier molecular flexibility index (Phi) is 8.15. The molecule has 0 bridgehead atoms. The van der Waals surface area contributed by atoms with Gasteiger partial charge in [0.05, 0.1) is 0 Å². The van der Waals surface area contributed by atoms with Crippen molar-refractivity contribution in [3.8, 4) is 0 Å². The molecule has 0 heterocycles. The van der Waals surface area contributed by atoms with E-state index >= 15 is 0 Å². The van der Waals surface area contributed by atoms with Crippen LogP contribution in [0.1, 0.15) is 31.2 Å². The molecule has 2 amide bonds. The topological polar surface area (TPSA) is 61.4 Å². The second kappa shape index (κ2) is 10.0. The number of aliphatic hydroxyl groups is 1. The maximum atomic E-state index is 11.6. The van der Waals surface area contributed by atoms with Crippen LogP contribution >= 0.6 is 0 Å². The number of hydrogen-bond donors (Lipinski definition) is 3. The summed E-state index contributed by atoms with van der Waals surface area (Å²) in [5.41, 5.74) is 1.13. The van der Waals surface area contributed by atoms with Gasteiger partial charge in [-0.2, -0.15) is 0 Å². The summed E-state index contributed by atoms with van der Waals surface area (Å²) in [4.78, 5) is 11.6. The van der Waals surface area contributed by atoms with Crippen molar-refractivity contribution in [2.24, 2.45) is 0 Å². The van der Waals surface area contributed by atoms with Crippen LogP contribution < -0.4 is 10.6 Å². The molecule has 3 N–H and O–H groups in total. The lowest BCUT2D eigenvalue weighted by molar-refractivity contribution is 0.237. The maximum absolute atomic E-state index is 11.6. The summed E-state index contributed by atoms with van der Waals surface area (Å²) in [6.07, 6.45) is 5.45. The van der Waals surface area contributed by atoms with Gasteiger partial charge in [0, 0.05) is 25.6 Å². The Bertz CT molecular complexity index is 404. The highest BCUT2D eigenvalue weighted by atomic mass is 16.3. The van der Waals surface area contributed by atoms with Gasteiger partial charge in [0.2, 0.25) is 0 Å². The number of carbonyl (C=O) groups excluding carboxylic acids is 1. The molecule has 0 aliphatic rings. The van der Waals surface area contributed by atoms with E-state index in [0.29, 0.717) is 19.5 Å². The molecule has 0 saturated carbocycles. The maximum Gasteiger partial charge on any atom is 0.314 e. The van der Waals surface area contributed by atoms with Crippen LogP contribution in [0.4, 0.5) is 4.79 Å². The average Bonchev–Trinajstić information content (AvgIpc) is 2.49. The lowest BCUT2D eigenvalue weighted by Gasteiger charge is -2.17. The quantitative estimate of drug-likeness (QED) is 0.504. The molecule has 0 aliphatic carbocycles. The molecule has 0 aliphatic heterocycles. The highest BCUT2D eigenvalue weighted by Crippen LogP contribution is 2.17. The van der Waals surface area contributed by atoms with Gasteiger partial charge in [-0.1, -0.05) is 42.5 Å². The van der Waals surface area contributed by atoms with Crippen molar-refractivity contribution in [1.82, 2.24) is 10.6 Å². The number of hydrogen-bond acceptors (Lipinski definition) is 2. The van der Waals surface area contributed by atoms with Crippen LogP contribution in [0.25, 0.3) is 0 Å². The lowest BCUT2D eigenvalue weighted by Crippen LogP contribution is -2.38. The molecule has 0 fully saturated rings. The van der Waals surface area contributed by atoms with Gasteiger partial charge in [-0.3, -0.25) is 0 Å². The van der Waals surface area contributed by atoms with E-state index in [1.807, 2.05) is 49.4 Å². The van der Waals surface area contributed by atoms with Gasteiger partial charge in [-0.25, -0.2) is 4.79 Å². The number of nitrogens with one attached hydrogen (secondary N) is 2.